The van der Waals surface area contributed by atoms with Crippen molar-refractivity contribution in [2.24, 2.45) is 5.92 Å². The van der Waals surface area contributed by atoms with Gasteiger partial charge in [0.15, 0.2) is 0 Å². The molecule has 0 aliphatic rings. The van der Waals surface area contributed by atoms with Gasteiger partial charge in [-0.25, -0.2) is 4.98 Å². The number of pyridine rings is 1. The van der Waals surface area contributed by atoms with Gasteiger partial charge >= 0.3 is 5.97 Å². The minimum Gasteiger partial charge on any atom is -0.481 e. The maximum atomic E-state index is 12.3. The van der Waals surface area contributed by atoms with Crippen molar-refractivity contribution in [3.8, 4) is 0 Å². The van der Waals surface area contributed by atoms with Crippen LogP contribution in [0.5, 0.6) is 0 Å². The van der Waals surface area contributed by atoms with Crippen LogP contribution in [0.25, 0.3) is 0 Å². The summed E-state index contributed by atoms with van der Waals surface area (Å²) in [5.41, 5.74) is 0.223. The lowest BCUT2D eigenvalue weighted by atomic mass is 10.1. The van der Waals surface area contributed by atoms with Crippen molar-refractivity contribution >= 4 is 35.1 Å². The number of aromatic nitrogens is 1. The van der Waals surface area contributed by atoms with E-state index < -0.39 is 11.9 Å². The normalized spacial score (nSPS) is 12.0. The number of nitrogens with zero attached hydrogens (tertiary/aromatic N) is 2. The van der Waals surface area contributed by atoms with Gasteiger partial charge in [-0.15, -0.1) is 0 Å². The summed E-state index contributed by atoms with van der Waals surface area (Å²) in [4.78, 5) is 28.3. The first kappa shape index (κ1) is 15.7. The van der Waals surface area contributed by atoms with Gasteiger partial charge in [0, 0.05) is 19.3 Å². The molecule has 19 heavy (non-hydrogen) atoms. The topological polar surface area (TPSA) is 70.5 Å². The minimum atomic E-state index is -0.954. The van der Waals surface area contributed by atoms with Crippen LogP contribution >= 0.6 is 23.2 Å². The summed E-state index contributed by atoms with van der Waals surface area (Å²) >= 11 is 11.6. The first-order chi connectivity index (χ1) is 8.86. The molecule has 1 atom stereocenters. The van der Waals surface area contributed by atoms with E-state index in [2.05, 4.69) is 4.98 Å². The lowest BCUT2D eigenvalue weighted by Gasteiger charge is -2.23. The van der Waals surface area contributed by atoms with Gasteiger partial charge < -0.3 is 10.0 Å². The van der Waals surface area contributed by atoms with Crippen molar-refractivity contribution in [3.63, 3.8) is 0 Å². The number of aliphatic carboxylic acids is 1. The number of hydrogen-bond acceptors (Lipinski definition) is 3. The van der Waals surface area contributed by atoms with Gasteiger partial charge in [-0.05, 0) is 13.0 Å². The first-order valence-corrected chi connectivity index (χ1v) is 6.45. The number of rotatable bonds is 5. The van der Waals surface area contributed by atoms with E-state index in [0.717, 1.165) is 0 Å². The van der Waals surface area contributed by atoms with E-state index in [1.54, 1.807) is 13.8 Å². The molecule has 0 spiro atoms. The Kier molecular flexibility index (Phi) is 5.57. The third-order valence-electron chi connectivity index (χ3n) is 2.64. The molecule has 0 radical (unpaired) electrons. The largest absolute Gasteiger partial charge is 0.481 e. The summed E-state index contributed by atoms with van der Waals surface area (Å²) in [5.74, 6) is -1.96. The summed E-state index contributed by atoms with van der Waals surface area (Å²) in [7, 11) is 0. The fourth-order valence-corrected chi connectivity index (χ4v) is 1.85. The van der Waals surface area contributed by atoms with E-state index >= 15 is 0 Å². The van der Waals surface area contributed by atoms with Gasteiger partial charge in [-0.3, -0.25) is 9.59 Å². The molecule has 0 bridgehead atoms. The lowest BCUT2D eigenvalue weighted by Crippen LogP contribution is -2.36. The van der Waals surface area contributed by atoms with Crippen LogP contribution in [0.15, 0.2) is 12.3 Å². The Hall–Kier alpha value is -1.33. The molecule has 0 aromatic carbocycles. The summed E-state index contributed by atoms with van der Waals surface area (Å²) in [6, 6.07) is 1.38. The number of hydrogen-bond donors (Lipinski definition) is 1. The molecular weight excluding hydrogens is 291 g/mol. The molecule has 0 aliphatic heterocycles. The zero-order valence-electron chi connectivity index (χ0n) is 10.6. The Bertz CT molecular complexity index is 494. The second kappa shape index (κ2) is 6.73. The van der Waals surface area contributed by atoms with E-state index in [4.69, 9.17) is 28.3 Å². The molecule has 1 amide bonds. The van der Waals surface area contributed by atoms with Crippen LogP contribution in [-0.4, -0.2) is 40.0 Å². The maximum absolute atomic E-state index is 12.3. The third kappa shape index (κ3) is 4.08. The Balaban J connectivity index is 2.95. The van der Waals surface area contributed by atoms with Gasteiger partial charge in [0.2, 0.25) is 0 Å². The second-order valence-electron chi connectivity index (χ2n) is 4.07. The van der Waals surface area contributed by atoms with E-state index in [1.807, 2.05) is 0 Å². The predicted octanol–water partition coefficient (Wildman–Crippen LogP) is 2.57. The smallest absolute Gasteiger partial charge is 0.308 e. The number of carboxylic acid groups (broad SMARTS) is 1. The molecule has 7 heteroatoms. The van der Waals surface area contributed by atoms with Crippen molar-refractivity contribution in [2.45, 2.75) is 13.8 Å². The quantitative estimate of drug-likeness (QED) is 0.849. The van der Waals surface area contributed by atoms with Crippen molar-refractivity contribution in [2.75, 3.05) is 13.1 Å². The van der Waals surface area contributed by atoms with Crippen LogP contribution in [-0.2, 0) is 4.79 Å². The second-order valence-corrected chi connectivity index (χ2v) is 4.86. The van der Waals surface area contributed by atoms with Crippen LogP contribution in [0.2, 0.25) is 10.2 Å². The SMILES string of the molecule is CCN(CC(C)C(=O)O)C(=O)c1cc(Cl)ncc1Cl. The predicted molar refractivity (Wildman–Crippen MR) is 72.6 cm³/mol. The standard InChI is InChI=1S/C12H14Cl2N2O3/c1-3-16(6-7(2)12(18)19)11(17)8-4-10(14)15-5-9(8)13/h4-5,7H,3,6H2,1-2H3,(H,18,19). The molecule has 1 aromatic rings. The van der Waals surface area contributed by atoms with Crippen LogP contribution < -0.4 is 0 Å². The summed E-state index contributed by atoms with van der Waals surface area (Å²) < 4.78 is 0. The van der Waals surface area contributed by atoms with Crippen molar-refractivity contribution < 1.29 is 14.7 Å². The highest BCUT2D eigenvalue weighted by Gasteiger charge is 2.22. The number of carbonyl (C=O) groups is 2. The molecular formula is C12H14Cl2N2O3. The number of carboxylic acids is 1. The molecule has 0 saturated carbocycles. The zero-order chi connectivity index (χ0) is 14.6. The molecule has 5 nitrogen and oxygen atoms in total. The average Bonchev–Trinajstić information content (AvgIpc) is 2.37. The van der Waals surface area contributed by atoms with Crippen molar-refractivity contribution in [3.05, 3.63) is 28.0 Å². The zero-order valence-corrected chi connectivity index (χ0v) is 12.1. The molecule has 0 saturated heterocycles. The number of halogens is 2. The Morgan fingerprint density at radius 1 is 1.47 bits per heavy atom. The highest BCUT2D eigenvalue weighted by atomic mass is 35.5. The Morgan fingerprint density at radius 2 is 2.11 bits per heavy atom. The van der Waals surface area contributed by atoms with Gasteiger partial charge in [0.1, 0.15) is 5.15 Å². The van der Waals surface area contributed by atoms with E-state index in [0.29, 0.717) is 6.54 Å². The first-order valence-electron chi connectivity index (χ1n) is 5.70. The molecule has 1 unspecified atom stereocenters. The van der Waals surface area contributed by atoms with Crippen molar-refractivity contribution in [1.82, 2.24) is 9.88 Å². The fourth-order valence-electron chi connectivity index (χ4n) is 1.51. The Morgan fingerprint density at radius 3 is 2.63 bits per heavy atom. The summed E-state index contributed by atoms with van der Waals surface area (Å²) in [5, 5.41) is 9.24. The van der Waals surface area contributed by atoms with Crippen LogP contribution in [0.4, 0.5) is 0 Å². The monoisotopic (exact) mass is 304 g/mol. The third-order valence-corrected chi connectivity index (χ3v) is 3.15. The van der Waals surface area contributed by atoms with Crippen LogP contribution in [0.3, 0.4) is 0 Å². The average molecular weight is 305 g/mol. The number of carbonyl (C=O) groups excluding carboxylic acids is 1. The van der Waals surface area contributed by atoms with E-state index in [-0.39, 0.29) is 28.2 Å². The number of amides is 1. The molecule has 0 fully saturated rings. The minimum absolute atomic E-state index is 0.112. The molecule has 0 aliphatic carbocycles. The van der Waals surface area contributed by atoms with E-state index in [1.165, 1.54) is 17.2 Å². The van der Waals surface area contributed by atoms with Gasteiger partial charge in [-0.1, -0.05) is 30.1 Å². The molecule has 1 aromatic heterocycles. The highest BCUT2D eigenvalue weighted by molar-refractivity contribution is 6.35. The van der Waals surface area contributed by atoms with Gasteiger partial charge in [-0.2, -0.15) is 0 Å². The fraction of sp³-hybridized carbons (Fsp3) is 0.417. The van der Waals surface area contributed by atoms with E-state index in [9.17, 15) is 9.59 Å². The van der Waals surface area contributed by atoms with Crippen LogP contribution in [0, 0.1) is 5.92 Å². The van der Waals surface area contributed by atoms with Gasteiger partial charge in [0.05, 0.1) is 16.5 Å². The van der Waals surface area contributed by atoms with Gasteiger partial charge in [0.25, 0.3) is 5.91 Å². The lowest BCUT2D eigenvalue weighted by molar-refractivity contribution is -0.141. The summed E-state index contributed by atoms with van der Waals surface area (Å²) in [6.07, 6.45) is 1.30. The molecule has 1 N–H and O–H groups in total. The maximum Gasteiger partial charge on any atom is 0.308 e. The molecule has 104 valence electrons. The molecule has 1 rings (SSSR count). The van der Waals surface area contributed by atoms with Crippen molar-refractivity contribution in [1.29, 1.82) is 0 Å². The Labute approximate surface area is 121 Å². The highest BCUT2D eigenvalue weighted by Crippen LogP contribution is 2.20. The van der Waals surface area contributed by atoms with Crippen LogP contribution in [0.1, 0.15) is 24.2 Å². The molecule has 1 heterocycles. The summed E-state index contributed by atoms with van der Waals surface area (Å²) in [6.45, 7) is 3.80.